The Hall–Kier alpha value is -0.590. The fraction of sp³-hybridized carbons (Fsp3) is 0.917. The Bertz CT molecular complexity index is 222. The van der Waals surface area contributed by atoms with Gasteiger partial charge in [-0.25, -0.2) is 0 Å². The molecule has 0 amide bonds. The second-order valence-electron chi connectivity index (χ2n) is 5.09. The third-order valence-corrected chi connectivity index (χ3v) is 3.28. The molecule has 2 N–H and O–H groups in total. The highest BCUT2D eigenvalue weighted by Gasteiger charge is 2.24. The summed E-state index contributed by atoms with van der Waals surface area (Å²) in [5.41, 5.74) is 5.15. The molecule has 1 aliphatic carbocycles. The maximum atomic E-state index is 8.90. The van der Waals surface area contributed by atoms with E-state index >= 15 is 0 Å². The van der Waals surface area contributed by atoms with Gasteiger partial charge in [0.1, 0.15) is 5.54 Å². The van der Waals surface area contributed by atoms with E-state index in [1.54, 1.807) is 6.92 Å². The lowest BCUT2D eigenvalue weighted by Crippen LogP contribution is -2.48. The van der Waals surface area contributed by atoms with E-state index in [-0.39, 0.29) is 0 Å². The van der Waals surface area contributed by atoms with Gasteiger partial charge in [0.05, 0.1) is 6.07 Å². The average molecular weight is 209 g/mol. The quantitative estimate of drug-likeness (QED) is 0.722. The largest absolute Gasteiger partial charge is 0.313 e. The zero-order valence-corrected chi connectivity index (χ0v) is 10.00. The summed E-state index contributed by atoms with van der Waals surface area (Å²) < 4.78 is 0. The van der Waals surface area contributed by atoms with Crippen molar-refractivity contribution >= 4 is 0 Å². The van der Waals surface area contributed by atoms with Crippen molar-refractivity contribution in [1.29, 1.82) is 5.26 Å². The van der Waals surface area contributed by atoms with Crippen molar-refractivity contribution in [3.05, 3.63) is 0 Å². The van der Waals surface area contributed by atoms with Crippen molar-refractivity contribution < 1.29 is 0 Å². The summed E-state index contributed by atoms with van der Waals surface area (Å²) in [6.07, 6.45) is 7.90. The van der Waals surface area contributed by atoms with E-state index in [1.807, 2.05) is 0 Å². The van der Waals surface area contributed by atoms with Gasteiger partial charge in [-0.2, -0.15) is 5.26 Å². The number of hydrogen-bond donors (Lipinski definition) is 1. The number of nitrogens with two attached hydrogens (primary N) is 1. The van der Waals surface area contributed by atoms with Crippen LogP contribution in [0.25, 0.3) is 0 Å². The first-order valence-corrected chi connectivity index (χ1v) is 5.95. The van der Waals surface area contributed by atoms with Crippen LogP contribution in [0.5, 0.6) is 0 Å². The first-order chi connectivity index (χ1) is 7.05. The third kappa shape index (κ3) is 4.19. The Kier molecular flexibility index (Phi) is 4.56. The monoisotopic (exact) mass is 209 g/mol. The van der Waals surface area contributed by atoms with Crippen LogP contribution in [-0.4, -0.2) is 30.1 Å². The molecule has 1 aliphatic rings. The molecule has 1 saturated carbocycles. The zero-order chi connectivity index (χ0) is 11.3. The molecular formula is C12H23N3. The molecule has 1 fully saturated rings. The van der Waals surface area contributed by atoms with E-state index in [0.717, 1.165) is 0 Å². The molecule has 86 valence electrons. The van der Waals surface area contributed by atoms with Crippen LogP contribution >= 0.6 is 0 Å². The molecule has 3 heteroatoms. The molecule has 0 spiro atoms. The summed E-state index contributed by atoms with van der Waals surface area (Å²) in [5.74, 6) is 0. The number of likely N-dealkylation sites (N-methyl/N-ethyl adjacent to an activating group) is 1. The molecule has 0 aromatic heterocycles. The summed E-state index contributed by atoms with van der Waals surface area (Å²) in [4.78, 5) is 2.27. The van der Waals surface area contributed by atoms with Gasteiger partial charge in [0.2, 0.25) is 0 Å². The molecule has 0 aliphatic heterocycles. The van der Waals surface area contributed by atoms with Gasteiger partial charge in [0.15, 0.2) is 0 Å². The van der Waals surface area contributed by atoms with E-state index in [2.05, 4.69) is 18.0 Å². The minimum absolute atomic E-state index is 0.628. The summed E-state index contributed by atoms with van der Waals surface area (Å²) >= 11 is 0. The van der Waals surface area contributed by atoms with Crippen molar-refractivity contribution in [3.8, 4) is 6.07 Å². The van der Waals surface area contributed by atoms with E-state index in [0.29, 0.717) is 12.6 Å². The highest BCUT2D eigenvalue weighted by atomic mass is 15.1. The van der Waals surface area contributed by atoms with Crippen LogP contribution in [0.4, 0.5) is 0 Å². The number of hydrogen-bond acceptors (Lipinski definition) is 3. The van der Waals surface area contributed by atoms with E-state index in [1.165, 1.54) is 38.5 Å². The average Bonchev–Trinajstić information content (AvgIpc) is 2.45. The van der Waals surface area contributed by atoms with Crippen molar-refractivity contribution in [2.75, 3.05) is 13.6 Å². The summed E-state index contributed by atoms with van der Waals surface area (Å²) in [6, 6.07) is 2.79. The highest BCUT2D eigenvalue weighted by Crippen LogP contribution is 2.21. The van der Waals surface area contributed by atoms with Crippen molar-refractivity contribution in [2.24, 2.45) is 5.73 Å². The van der Waals surface area contributed by atoms with Gasteiger partial charge in [-0.05, 0) is 26.8 Å². The lowest BCUT2D eigenvalue weighted by molar-refractivity contribution is 0.196. The van der Waals surface area contributed by atoms with Gasteiger partial charge in [0.25, 0.3) is 0 Å². The molecular weight excluding hydrogens is 186 g/mol. The molecule has 3 nitrogen and oxygen atoms in total. The van der Waals surface area contributed by atoms with E-state index < -0.39 is 5.54 Å². The van der Waals surface area contributed by atoms with Gasteiger partial charge in [-0.1, -0.05) is 25.7 Å². The minimum atomic E-state index is -0.707. The maximum absolute atomic E-state index is 8.90. The number of nitrogens with zero attached hydrogens (tertiary/aromatic N) is 2. The predicted octanol–water partition coefficient (Wildman–Crippen LogP) is 1.88. The highest BCUT2D eigenvalue weighted by molar-refractivity contribution is 5.03. The fourth-order valence-corrected chi connectivity index (χ4v) is 2.38. The van der Waals surface area contributed by atoms with Crippen molar-refractivity contribution in [2.45, 2.75) is 57.0 Å². The lowest BCUT2D eigenvalue weighted by atomic mass is 10.0. The third-order valence-electron chi connectivity index (χ3n) is 3.28. The van der Waals surface area contributed by atoms with Crippen molar-refractivity contribution in [3.63, 3.8) is 0 Å². The van der Waals surface area contributed by atoms with Crippen LogP contribution in [0.3, 0.4) is 0 Å². The Morgan fingerprint density at radius 2 is 1.87 bits per heavy atom. The molecule has 15 heavy (non-hydrogen) atoms. The zero-order valence-electron chi connectivity index (χ0n) is 10.00. The molecule has 0 saturated heterocycles. The van der Waals surface area contributed by atoms with Crippen LogP contribution in [-0.2, 0) is 0 Å². The smallest absolute Gasteiger partial charge is 0.114 e. The van der Waals surface area contributed by atoms with E-state index in [9.17, 15) is 0 Å². The Morgan fingerprint density at radius 1 is 1.33 bits per heavy atom. The van der Waals surface area contributed by atoms with Gasteiger partial charge in [-0.3, -0.25) is 0 Å². The topological polar surface area (TPSA) is 53.0 Å². The first-order valence-electron chi connectivity index (χ1n) is 5.95. The second kappa shape index (κ2) is 5.48. The molecule has 1 rings (SSSR count). The molecule has 0 bridgehead atoms. The standard InChI is InChI=1S/C12H23N3/c1-12(14,9-13)10-15(2)11-7-5-3-4-6-8-11/h11H,3-8,10,14H2,1-2H3. The maximum Gasteiger partial charge on any atom is 0.114 e. The van der Waals surface area contributed by atoms with Crippen molar-refractivity contribution in [1.82, 2.24) is 4.90 Å². The van der Waals surface area contributed by atoms with Crippen LogP contribution in [0.2, 0.25) is 0 Å². The Balaban J connectivity index is 2.45. The second-order valence-corrected chi connectivity index (χ2v) is 5.09. The molecule has 0 radical (unpaired) electrons. The Morgan fingerprint density at radius 3 is 2.33 bits per heavy atom. The van der Waals surface area contributed by atoms with Gasteiger partial charge in [0, 0.05) is 12.6 Å². The number of rotatable bonds is 3. The molecule has 1 atom stereocenters. The summed E-state index contributed by atoms with van der Waals surface area (Å²) in [5, 5.41) is 8.90. The summed E-state index contributed by atoms with van der Waals surface area (Å²) in [7, 11) is 2.10. The fourth-order valence-electron chi connectivity index (χ4n) is 2.38. The van der Waals surface area contributed by atoms with Crippen LogP contribution < -0.4 is 5.73 Å². The van der Waals surface area contributed by atoms with Gasteiger partial charge < -0.3 is 10.6 Å². The first kappa shape index (κ1) is 12.5. The van der Waals surface area contributed by atoms with Gasteiger partial charge >= 0.3 is 0 Å². The normalized spacial score (nSPS) is 23.1. The van der Waals surface area contributed by atoms with Crippen LogP contribution in [0.1, 0.15) is 45.4 Å². The minimum Gasteiger partial charge on any atom is -0.313 e. The summed E-state index contributed by atoms with van der Waals surface area (Å²) in [6.45, 7) is 2.48. The Labute approximate surface area is 93.2 Å². The molecule has 1 unspecified atom stereocenters. The van der Waals surface area contributed by atoms with E-state index in [4.69, 9.17) is 11.0 Å². The lowest BCUT2D eigenvalue weighted by Gasteiger charge is -2.31. The SMILES string of the molecule is CN(CC(C)(N)C#N)C1CCCCCC1. The molecule has 0 aromatic rings. The van der Waals surface area contributed by atoms with Crippen LogP contribution in [0.15, 0.2) is 0 Å². The molecule has 0 heterocycles. The molecule has 0 aromatic carbocycles. The number of nitriles is 1. The van der Waals surface area contributed by atoms with Crippen LogP contribution in [0, 0.1) is 11.3 Å². The predicted molar refractivity (Wildman–Crippen MR) is 62.3 cm³/mol. The van der Waals surface area contributed by atoms with Gasteiger partial charge in [-0.15, -0.1) is 0 Å².